The summed E-state index contributed by atoms with van der Waals surface area (Å²) in [6.07, 6.45) is 1.03. The maximum Gasteiger partial charge on any atom is 0.261 e. The molecule has 0 radical (unpaired) electrons. The lowest BCUT2D eigenvalue weighted by Gasteiger charge is -2.14. The number of benzene rings is 2. The Morgan fingerprint density at radius 2 is 1.29 bits per heavy atom. The summed E-state index contributed by atoms with van der Waals surface area (Å²) in [4.78, 5) is 0.0564. The van der Waals surface area contributed by atoms with Crippen LogP contribution in [-0.2, 0) is 20.0 Å². The molecule has 2 aromatic rings. The van der Waals surface area contributed by atoms with Gasteiger partial charge in [-0.2, -0.15) is 0 Å². The maximum absolute atomic E-state index is 12.5. The van der Waals surface area contributed by atoms with Gasteiger partial charge in [-0.25, -0.2) is 16.8 Å². The largest absolute Gasteiger partial charge is 0.284 e. The van der Waals surface area contributed by atoms with E-state index in [1.54, 1.807) is 0 Å². The Morgan fingerprint density at radius 3 is 1.75 bits per heavy atom. The molecule has 8 heteroatoms. The van der Waals surface area contributed by atoms with Gasteiger partial charge in [0.2, 0.25) is 10.0 Å². The third-order valence-corrected chi connectivity index (χ3v) is 5.35. The van der Waals surface area contributed by atoms with Gasteiger partial charge in [0, 0.05) is 5.69 Å². The van der Waals surface area contributed by atoms with Gasteiger partial charge < -0.3 is 0 Å². The zero-order chi connectivity index (χ0) is 18.1. The fourth-order valence-electron chi connectivity index (χ4n) is 2.45. The molecule has 0 heterocycles. The molecule has 24 heavy (non-hydrogen) atoms. The first-order chi connectivity index (χ1) is 11.0. The highest BCUT2D eigenvalue weighted by Gasteiger charge is 2.17. The first-order valence-electron chi connectivity index (χ1n) is 7.16. The van der Waals surface area contributed by atoms with E-state index in [1.165, 1.54) is 24.3 Å². The Hall–Kier alpha value is -2.06. The van der Waals surface area contributed by atoms with Crippen molar-refractivity contribution in [3.63, 3.8) is 0 Å². The minimum Gasteiger partial charge on any atom is -0.284 e. The van der Waals surface area contributed by atoms with E-state index in [9.17, 15) is 16.8 Å². The second-order valence-corrected chi connectivity index (χ2v) is 9.21. The van der Waals surface area contributed by atoms with Crippen LogP contribution in [0.2, 0.25) is 0 Å². The number of sulfonamides is 2. The van der Waals surface area contributed by atoms with E-state index in [-0.39, 0.29) is 4.90 Å². The highest BCUT2D eigenvalue weighted by molar-refractivity contribution is 7.92. The molecule has 2 aromatic carbocycles. The van der Waals surface area contributed by atoms with Crippen LogP contribution in [0.4, 0.5) is 11.4 Å². The molecule has 0 spiro atoms. The van der Waals surface area contributed by atoms with Crippen molar-refractivity contribution < 1.29 is 16.8 Å². The zero-order valence-corrected chi connectivity index (χ0v) is 15.5. The van der Waals surface area contributed by atoms with Crippen LogP contribution in [0, 0.1) is 20.8 Å². The number of anilines is 2. The van der Waals surface area contributed by atoms with Gasteiger partial charge in [-0.05, 0) is 56.2 Å². The molecular formula is C16H20N2O4S2. The van der Waals surface area contributed by atoms with Crippen LogP contribution in [0.25, 0.3) is 0 Å². The van der Waals surface area contributed by atoms with Crippen LogP contribution in [0.3, 0.4) is 0 Å². The first kappa shape index (κ1) is 18.3. The zero-order valence-electron chi connectivity index (χ0n) is 13.9. The number of nitrogens with one attached hydrogen (secondary N) is 2. The molecule has 0 aromatic heterocycles. The molecule has 2 rings (SSSR count). The van der Waals surface area contributed by atoms with Crippen molar-refractivity contribution >= 4 is 31.4 Å². The third kappa shape index (κ3) is 4.48. The van der Waals surface area contributed by atoms with E-state index >= 15 is 0 Å². The minimum absolute atomic E-state index is 0.0564. The second kappa shape index (κ2) is 6.45. The Morgan fingerprint density at radius 1 is 0.792 bits per heavy atom. The maximum atomic E-state index is 12.5. The van der Waals surface area contributed by atoms with E-state index in [0.29, 0.717) is 11.4 Å². The molecule has 0 atom stereocenters. The third-order valence-electron chi connectivity index (χ3n) is 3.38. The normalized spacial score (nSPS) is 12.0. The van der Waals surface area contributed by atoms with Crippen LogP contribution in [0.15, 0.2) is 41.3 Å². The highest BCUT2D eigenvalue weighted by atomic mass is 32.2. The molecule has 0 saturated carbocycles. The standard InChI is InChI=1S/C16H20N2O4S2/c1-11-9-12(2)16(13(3)10-11)18-24(21,22)15-7-5-14(6-8-15)17-23(4,19)20/h5-10,17-18H,1-4H3. The van der Waals surface area contributed by atoms with Crippen molar-refractivity contribution in [3.8, 4) is 0 Å². The van der Waals surface area contributed by atoms with Crippen LogP contribution in [0.5, 0.6) is 0 Å². The van der Waals surface area contributed by atoms with E-state index in [1.807, 2.05) is 32.9 Å². The molecule has 2 N–H and O–H groups in total. The van der Waals surface area contributed by atoms with E-state index in [2.05, 4.69) is 9.44 Å². The average Bonchev–Trinajstić information content (AvgIpc) is 2.41. The Kier molecular flexibility index (Phi) is 4.91. The van der Waals surface area contributed by atoms with Gasteiger partial charge in [0.25, 0.3) is 10.0 Å². The lowest BCUT2D eigenvalue weighted by atomic mass is 10.1. The van der Waals surface area contributed by atoms with E-state index in [4.69, 9.17) is 0 Å². The summed E-state index contributed by atoms with van der Waals surface area (Å²) in [5.41, 5.74) is 3.60. The van der Waals surface area contributed by atoms with Gasteiger partial charge in [-0.1, -0.05) is 17.7 Å². The van der Waals surface area contributed by atoms with Crippen LogP contribution >= 0.6 is 0 Å². The van der Waals surface area contributed by atoms with E-state index in [0.717, 1.165) is 22.9 Å². The van der Waals surface area contributed by atoms with Gasteiger partial charge in [0.05, 0.1) is 16.8 Å². The fourth-order valence-corrected chi connectivity index (χ4v) is 4.22. The van der Waals surface area contributed by atoms with Gasteiger partial charge in [0.15, 0.2) is 0 Å². The number of hydrogen-bond acceptors (Lipinski definition) is 4. The summed E-state index contributed by atoms with van der Waals surface area (Å²) in [5.74, 6) is 0. The topological polar surface area (TPSA) is 92.3 Å². The molecule has 0 aliphatic heterocycles. The smallest absolute Gasteiger partial charge is 0.261 e. The summed E-state index contributed by atoms with van der Waals surface area (Å²) < 4.78 is 52.3. The lowest BCUT2D eigenvalue weighted by Crippen LogP contribution is -2.15. The van der Waals surface area contributed by atoms with Gasteiger partial charge in [0.1, 0.15) is 0 Å². The number of aryl methyl sites for hydroxylation is 3. The lowest BCUT2D eigenvalue weighted by molar-refractivity contribution is 0.601. The summed E-state index contributed by atoms with van der Waals surface area (Å²) in [6.45, 7) is 5.64. The Bertz CT molecular complexity index is 941. The summed E-state index contributed by atoms with van der Waals surface area (Å²) in [6, 6.07) is 9.34. The van der Waals surface area contributed by atoms with E-state index < -0.39 is 20.0 Å². The van der Waals surface area contributed by atoms with Crippen molar-refractivity contribution in [1.82, 2.24) is 0 Å². The predicted octanol–water partition coefficient (Wildman–Crippen LogP) is 2.78. The van der Waals surface area contributed by atoms with Crippen molar-refractivity contribution in [1.29, 1.82) is 0 Å². The van der Waals surface area contributed by atoms with Crippen LogP contribution in [0.1, 0.15) is 16.7 Å². The number of rotatable bonds is 5. The first-order valence-corrected chi connectivity index (χ1v) is 10.5. The SMILES string of the molecule is Cc1cc(C)c(NS(=O)(=O)c2ccc(NS(C)(=O)=O)cc2)c(C)c1. The van der Waals surface area contributed by atoms with Gasteiger partial charge in [-0.15, -0.1) is 0 Å². The fraction of sp³-hybridized carbons (Fsp3) is 0.250. The Balaban J connectivity index is 2.31. The molecular weight excluding hydrogens is 348 g/mol. The summed E-state index contributed by atoms with van der Waals surface area (Å²) >= 11 is 0. The predicted molar refractivity (Wildman–Crippen MR) is 96.4 cm³/mol. The number of hydrogen-bond donors (Lipinski definition) is 2. The summed E-state index contributed by atoms with van der Waals surface area (Å²) in [7, 11) is -7.16. The van der Waals surface area contributed by atoms with Gasteiger partial charge in [-0.3, -0.25) is 9.44 Å². The molecule has 0 bridgehead atoms. The van der Waals surface area contributed by atoms with Crippen molar-refractivity contribution in [2.45, 2.75) is 25.7 Å². The average molecular weight is 368 g/mol. The molecule has 0 unspecified atom stereocenters. The van der Waals surface area contributed by atoms with Crippen molar-refractivity contribution in [2.24, 2.45) is 0 Å². The van der Waals surface area contributed by atoms with Crippen LogP contribution < -0.4 is 9.44 Å². The monoisotopic (exact) mass is 368 g/mol. The van der Waals surface area contributed by atoms with Crippen molar-refractivity contribution in [2.75, 3.05) is 15.7 Å². The highest BCUT2D eigenvalue weighted by Crippen LogP contribution is 2.25. The van der Waals surface area contributed by atoms with Crippen LogP contribution in [-0.4, -0.2) is 23.1 Å². The molecule has 0 aliphatic carbocycles. The molecule has 0 saturated heterocycles. The van der Waals surface area contributed by atoms with Gasteiger partial charge >= 0.3 is 0 Å². The summed E-state index contributed by atoms with van der Waals surface area (Å²) in [5, 5.41) is 0. The molecule has 0 fully saturated rings. The minimum atomic E-state index is -3.76. The molecule has 6 nitrogen and oxygen atoms in total. The van der Waals surface area contributed by atoms with Crippen molar-refractivity contribution in [3.05, 3.63) is 53.1 Å². The quantitative estimate of drug-likeness (QED) is 0.849. The molecule has 0 amide bonds. The second-order valence-electron chi connectivity index (χ2n) is 5.78. The molecule has 0 aliphatic rings. The molecule has 130 valence electrons. The Labute approximate surface area is 143 Å².